The molecule has 1 aromatic rings. The average Bonchev–Trinajstić information content (AvgIpc) is 2.29. The van der Waals surface area contributed by atoms with Crippen LogP contribution in [-0.4, -0.2) is 12.2 Å². The van der Waals surface area contributed by atoms with E-state index in [1.807, 2.05) is 6.92 Å². The van der Waals surface area contributed by atoms with E-state index in [0.29, 0.717) is 27.3 Å². The smallest absolute Gasteiger partial charge is 0.138 e. The summed E-state index contributed by atoms with van der Waals surface area (Å²) in [5.74, 6) is 0.990. The SMILES string of the molecule is COc1cc(Cl)c(C(O)C(C)C(C)C)cc1Cl. The van der Waals surface area contributed by atoms with E-state index in [9.17, 15) is 5.11 Å². The second kappa shape index (κ2) is 5.94. The minimum absolute atomic E-state index is 0.108. The molecule has 0 aromatic heterocycles. The lowest BCUT2D eigenvalue weighted by molar-refractivity contribution is 0.0922. The fourth-order valence-electron chi connectivity index (χ4n) is 1.57. The Bertz CT molecular complexity index is 391. The Morgan fingerprint density at radius 1 is 1.12 bits per heavy atom. The molecule has 0 spiro atoms. The van der Waals surface area contributed by atoms with Crippen LogP contribution in [0.2, 0.25) is 10.0 Å². The molecule has 0 fully saturated rings. The lowest BCUT2D eigenvalue weighted by atomic mass is 9.88. The van der Waals surface area contributed by atoms with Crippen LogP contribution in [0.3, 0.4) is 0 Å². The third kappa shape index (κ3) is 3.27. The maximum atomic E-state index is 10.2. The number of aliphatic hydroxyl groups is 1. The molecular weight excluding hydrogens is 259 g/mol. The number of methoxy groups -OCH3 is 1. The lowest BCUT2D eigenvalue weighted by Crippen LogP contribution is -2.15. The Labute approximate surface area is 113 Å². The highest BCUT2D eigenvalue weighted by atomic mass is 35.5. The average molecular weight is 277 g/mol. The number of aliphatic hydroxyl groups excluding tert-OH is 1. The summed E-state index contributed by atoms with van der Waals surface area (Å²) in [5.41, 5.74) is 0.652. The zero-order valence-corrected chi connectivity index (χ0v) is 12.0. The van der Waals surface area contributed by atoms with Gasteiger partial charge in [0.2, 0.25) is 0 Å². The minimum atomic E-state index is -0.620. The lowest BCUT2D eigenvalue weighted by Gasteiger charge is -2.24. The predicted octanol–water partition coefficient (Wildman–Crippen LogP) is 4.33. The number of ether oxygens (including phenoxy) is 1. The summed E-state index contributed by atoms with van der Waals surface area (Å²) in [6, 6.07) is 3.31. The van der Waals surface area contributed by atoms with Crippen LogP contribution in [0.5, 0.6) is 5.75 Å². The second-order valence-corrected chi connectivity index (χ2v) is 5.37. The molecule has 0 amide bonds. The van der Waals surface area contributed by atoms with Gasteiger partial charge in [0.05, 0.1) is 23.3 Å². The molecule has 1 N–H and O–H groups in total. The Morgan fingerprint density at radius 3 is 2.18 bits per heavy atom. The van der Waals surface area contributed by atoms with Gasteiger partial charge in [-0.15, -0.1) is 0 Å². The zero-order valence-electron chi connectivity index (χ0n) is 10.5. The standard InChI is InChI=1S/C13H18Cl2O2/c1-7(2)8(3)13(16)9-5-11(15)12(17-4)6-10(9)14/h5-8,13,16H,1-4H3. The molecule has 2 atom stereocenters. The molecule has 0 radical (unpaired) electrons. The number of rotatable bonds is 4. The van der Waals surface area contributed by atoms with Gasteiger partial charge in [-0.2, -0.15) is 0 Å². The monoisotopic (exact) mass is 276 g/mol. The Kier molecular flexibility index (Phi) is 5.11. The molecule has 0 bridgehead atoms. The largest absolute Gasteiger partial charge is 0.495 e. The first kappa shape index (κ1) is 14.6. The van der Waals surface area contributed by atoms with Crippen LogP contribution < -0.4 is 4.74 Å². The topological polar surface area (TPSA) is 29.5 Å². The van der Waals surface area contributed by atoms with Gasteiger partial charge in [-0.3, -0.25) is 0 Å². The maximum Gasteiger partial charge on any atom is 0.138 e. The molecule has 1 aromatic carbocycles. The van der Waals surface area contributed by atoms with Gasteiger partial charge in [0.15, 0.2) is 0 Å². The number of hydrogen-bond acceptors (Lipinski definition) is 2. The molecule has 2 unspecified atom stereocenters. The van der Waals surface area contributed by atoms with Gasteiger partial charge in [-0.05, 0) is 17.9 Å². The van der Waals surface area contributed by atoms with Crippen molar-refractivity contribution in [1.29, 1.82) is 0 Å². The van der Waals surface area contributed by atoms with Gasteiger partial charge in [0, 0.05) is 11.6 Å². The highest BCUT2D eigenvalue weighted by Gasteiger charge is 2.22. The van der Waals surface area contributed by atoms with Crippen molar-refractivity contribution >= 4 is 23.2 Å². The van der Waals surface area contributed by atoms with Crippen LogP contribution in [0.15, 0.2) is 12.1 Å². The van der Waals surface area contributed by atoms with Gasteiger partial charge in [-0.25, -0.2) is 0 Å². The molecular formula is C13H18Cl2O2. The van der Waals surface area contributed by atoms with Gasteiger partial charge >= 0.3 is 0 Å². The van der Waals surface area contributed by atoms with Crippen molar-refractivity contribution < 1.29 is 9.84 Å². The first-order valence-corrected chi connectivity index (χ1v) is 6.35. The summed E-state index contributed by atoms with van der Waals surface area (Å²) in [5, 5.41) is 11.2. The summed E-state index contributed by atoms with van der Waals surface area (Å²) in [4.78, 5) is 0. The molecule has 0 aliphatic rings. The summed E-state index contributed by atoms with van der Waals surface area (Å²) < 4.78 is 5.07. The highest BCUT2D eigenvalue weighted by molar-refractivity contribution is 6.34. The van der Waals surface area contributed by atoms with Gasteiger partial charge < -0.3 is 9.84 Å². The molecule has 4 heteroatoms. The molecule has 0 aliphatic carbocycles. The van der Waals surface area contributed by atoms with Crippen molar-refractivity contribution in [3.05, 3.63) is 27.7 Å². The van der Waals surface area contributed by atoms with E-state index in [2.05, 4.69) is 13.8 Å². The van der Waals surface area contributed by atoms with Crippen molar-refractivity contribution in [3.8, 4) is 5.75 Å². The number of halogens is 2. The third-order valence-corrected chi connectivity index (χ3v) is 3.76. The van der Waals surface area contributed by atoms with E-state index in [1.54, 1.807) is 12.1 Å². The van der Waals surface area contributed by atoms with Gasteiger partial charge in [0.1, 0.15) is 5.75 Å². The summed E-state index contributed by atoms with van der Waals surface area (Å²) in [6.07, 6.45) is -0.620. The quantitative estimate of drug-likeness (QED) is 0.887. The van der Waals surface area contributed by atoms with Crippen LogP contribution in [-0.2, 0) is 0 Å². The van der Waals surface area contributed by atoms with E-state index in [0.717, 1.165) is 0 Å². The summed E-state index contributed by atoms with van der Waals surface area (Å²) in [6.45, 7) is 6.11. The summed E-state index contributed by atoms with van der Waals surface area (Å²) >= 11 is 12.2. The van der Waals surface area contributed by atoms with Crippen molar-refractivity contribution in [3.63, 3.8) is 0 Å². The van der Waals surface area contributed by atoms with Crippen LogP contribution in [0.1, 0.15) is 32.4 Å². The first-order valence-electron chi connectivity index (χ1n) is 5.59. The predicted molar refractivity (Wildman–Crippen MR) is 72.0 cm³/mol. The van der Waals surface area contributed by atoms with Crippen LogP contribution in [0.4, 0.5) is 0 Å². The van der Waals surface area contributed by atoms with E-state index >= 15 is 0 Å². The molecule has 0 saturated heterocycles. The van der Waals surface area contributed by atoms with Crippen molar-refractivity contribution in [2.75, 3.05) is 7.11 Å². The second-order valence-electron chi connectivity index (χ2n) is 4.56. The van der Waals surface area contributed by atoms with Crippen molar-refractivity contribution in [2.24, 2.45) is 11.8 Å². The molecule has 1 rings (SSSR count). The molecule has 0 heterocycles. The van der Waals surface area contributed by atoms with E-state index in [-0.39, 0.29) is 5.92 Å². The van der Waals surface area contributed by atoms with Crippen molar-refractivity contribution in [1.82, 2.24) is 0 Å². The Morgan fingerprint density at radius 2 is 1.71 bits per heavy atom. The number of benzene rings is 1. The maximum absolute atomic E-state index is 10.2. The molecule has 96 valence electrons. The minimum Gasteiger partial charge on any atom is -0.495 e. The third-order valence-electron chi connectivity index (χ3n) is 3.14. The van der Waals surface area contributed by atoms with Crippen molar-refractivity contribution in [2.45, 2.75) is 26.9 Å². The van der Waals surface area contributed by atoms with Crippen LogP contribution >= 0.6 is 23.2 Å². The Balaban J connectivity index is 3.10. The fourth-order valence-corrected chi connectivity index (χ4v) is 2.09. The molecule has 0 aliphatic heterocycles. The fraction of sp³-hybridized carbons (Fsp3) is 0.538. The molecule has 17 heavy (non-hydrogen) atoms. The Hall–Kier alpha value is -0.440. The zero-order chi connectivity index (χ0) is 13.2. The van der Waals surface area contributed by atoms with E-state index in [1.165, 1.54) is 7.11 Å². The van der Waals surface area contributed by atoms with Gasteiger partial charge in [0.25, 0.3) is 0 Å². The molecule has 0 saturated carbocycles. The van der Waals surface area contributed by atoms with Crippen LogP contribution in [0.25, 0.3) is 0 Å². The molecule has 2 nitrogen and oxygen atoms in total. The highest BCUT2D eigenvalue weighted by Crippen LogP contribution is 2.37. The van der Waals surface area contributed by atoms with E-state index < -0.39 is 6.10 Å². The summed E-state index contributed by atoms with van der Waals surface area (Å²) in [7, 11) is 1.53. The van der Waals surface area contributed by atoms with Crippen LogP contribution in [0, 0.1) is 11.8 Å². The first-order chi connectivity index (χ1) is 7.88. The normalized spacial score (nSPS) is 14.8. The number of hydrogen-bond donors (Lipinski definition) is 1. The van der Waals surface area contributed by atoms with E-state index in [4.69, 9.17) is 27.9 Å². The van der Waals surface area contributed by atoms with Gasteiger partial charge in [-0.1, -0.05) is 44.0 Å².